The molecule has 0 aliphatic carbocycles. The molecule has 1 saturated heterocycles. The van der Waals surface area contributed by atoms with Crippen LogP contribution in [0.2, 0.25) is 0 Å². The number of rotatable bonds is 5. The van der Waals surface area contributed by atoms with Crippen LogP contribution in [0.5, 0.6) is 0 Å². The summed E-state index contributed by atoms with van der Waals surface area (Å²) >= 11 is 0. The minimum Gasteiger partial charge on any atom is -0.463 e. The molecule has 0 unspecified atom stereocenters. The Labute approximate surface area is 111 Å². The lowest BCUT2D eigenvalue weighted by atomic mass is 10.2. The normalized spacial score (nSPS) is 18.3. The van der Waals surface area contributed by atoms with Crippen molar-refractivity contribution in [2.24, 2.45) is 0 Å². The molecule has 0 bridgehead atoms. The first-order valence-corrected chi connectivity index (χ1v) is 8.04. The molecule has 1 aromatic heterocycles. The van der Waals surface area contributed by atoms with E-state index in [0.29, 0.717) is 0 Å². The SMILES string of the molecule is CCNCc1oc(CN2CCS(=O)CC2)cc1C. The van der Waals surface area contributed by atoms with Crippen molar-refractivity contribution in [2.45, 2.75) is 26.9 Å². The van der Waals surface area contributed by atoms with Gasteiger partial charge in [0.05, 0.1) is 13.1 Å². The molecule has 0 radical (unpaired) electrons. The van der Waals surface area contributed by atoms with Gasteiger partial charge in [-0.05, 0) is 25.1 Å². The van der Waals surface area contributed by atoms with E-state index in [9.17, 15) is 4.21 Å². The molecule has 1 N–H and O–H groups in total. The third-order valence-corrected chi connectivity index (χ3v) is 4.53. The largest absolute Gasteiger partial charge is 0.463 e. The number of furan rings is 1. The molecule has 102 valence electrons. The Balaban J connectivity index is 1.91. The molecule has 18 heavy (non-hydrogen) atoms. The Morgan fingerprint density at radius 1 is 1.44 bits per heavy atom. The third-order valence-electron chi connectivity index (χ3n) is 3.26. The van der Waals surface area contributed by atoms with Crippen molar-refractivity contribution in [3.05, 3.63) is 23.2 Å². The molecule has 0 saturated carbocycles. The Kier molecular flexibility index (Phi) is 4.97. The Morgan fingerprint density at radius 3 is 2.83 bits per heavy atom. The number of nitrogens with one attached hydrogen (secondary N) is 1. The highest BCUT2D eigenvalue weighted by Crippen LogP contribution is 2.17. The molecule has 1 fully saturated rings. The number of hydrogen-bond donors (Lipinski definition) is 1. The first-order valence-electron chi connectivity index (χ1n) is 6.55. The average molecular weight is 270 g/mol. The molecule has 1 aromatic rings. The van der Waals surface area contributed by atoms with Crippen molar-refractivity contribution < 1.29 is 8.63 Å². The van der Waals surface area contributed by atoms with Crippen LogP contribution in [0.25, 0.3) is 0 Å². The van der Waals surface area contributed by atoms with Crippen molar-refractivity contribution >= 4 is 10.8 Å². The van der Waals surface area contributed by atoms with E-state index in [1.807, 2.05) is 0 Å². The second kappa shape index (κ2) is 6.50. The van der Waals surface area contributed by atoms with Crippen molar-refractivity contribution in [1.29, 1.82) is 0 Å². The molecule has 2 heterocycles. The predicted octanol–water partition coefficient (Wildman–Crippen LogP) is 1.26. The van der Waals surface area contributed by atoms with Gasteiger partial charge in [-0.15, -0.1) is 0 Å². The molecule has 0 atom stereocenters. The first kappa shape index (κ1) is 13.8. The third kappa shape index (κ3) is 3.67. The van der Waals surface area contributed by atoms with E-state index >= 15 is 0 Å². The van der Waals surface area contributed by atoms with Gasteiger partial charge in [0.25, 0.3) is 0 Å². The highest BCUT2D eigenvalue weighted by atomic mass is 32.2. The average Bonchev–Trinajstić information content (AvgIpc) is 2.70. The second-order valence-electron chi connectivity index (χ2n) is 4.72. The summed E-state index contributed by atoms with van der Waals surface area (Å²) in [5, 5.41) is 3.28. The fraction of sp³-hybridized carbons (Fsp3) is 0.692. The molecular weight excluding hydrogens is 248 g/mol. The fourth-order valence-corrected chi connectivity index (χ4v) is 3.26. The lowest BCUT2D eigenvalue weighted by Gasteiger charge is -2.24. The van der Waals surface area contributed by atoms with Gasteiger partial charge in [0.15, 0.2) is 0 Å². The Hall–Kier alpha value is -0.650. The first-order chi connectivity index (χ1) is 8.69. The maximum atomic E-state index is 11.3. The van der Waals surface area contributed by atoms with Crippen molar-refractivity contribution in [1.82, 2.24) is 10.2 Å². The lowest BCUT2D eigenvalue weighted by molar-refractivity contribution is 0.261. The van der Waals surface area contributed by atoms with Gasteiger partial charge in [-0.2, -0.15) is 0 Å². The van der Waals surface area contributed by atoms with Crippen LogP contribution in [0.1, 0.15) is 24.0 Å². The highest BCUT2D eigenvalue weighted by Gasteiger charge is 2.17. The van der Waals surface area contributed by atoms with Gasteiger partial charge in [0, 0.05) is 35.4 Å². The van der Waals surface area contributed by atoms with Crippen LogP contribution in [0.15, 0.2) is 10.5 Å². The van der Waals surface area contributed by atoms with E-state index in [1.54, 1.807) is 0 Å². The zero-order chi connectivity index (χ0) is 13.0. The van der Waals surface area contributed by atoms with E-state index < -0.39 is 10.8 Å². The maximum Gasteiger partial charge on any atom is 0.120 e. The predicted molar refractivity (Wildman–Crippen MR) is 74.0 cm³/mol. The lowest BCUT2D eigenvalue weighted by Crippen LogP contribution is -2.37. The van der Waals surface area contributed by atoms with E-state index in [-0.39, 0.29) is 0 Å². The van der Waals surface area contributed by atoms with Gasteiger partial charge in [0.2, 0.25) is 0 Å². The maximum absolute atomic E-state index is 11.3. The van der Waals surface area contributed by atoms with Crippen LogP contribution >= 0.6 is 0 Å². The fourth-order valence-electron chi connectivity index (χ4n) is 2.14. The number of hydrogen-bond acceptors (Lipinski definition) is 4. The summed E-state index contributed by atoms with van der Waals surface area (Å²) in [6.07, 6.45) is 0. The van der Waals surface area contributed by atoms with Crippen molar-refractivity contribution in [3.63, 3.8) is 0 Å². The summed E-state index contributed by atoms with van der Waals surface area (Å²) in [7, 11) is -0.605. The molecule has 2 rings (SSSR count). The summed E-state index contributed by atoms with van der Waals surface area (Å²) < 4.78 is 17.2. The van der Waals surface area contributed by atoms with Crippen LogP contribution < -0.4 is 5.32 Å². The molecule has 4 nitrogen and oxygen atoms in total. The van der Waals surface area contributed by atoms with E-state index in [2.05, 4.69) is 30.1 Å². The highest BCUT2D eigenvalue weighted by molar-refractivity contribution is 7.85. The van der Waals surface area contributed by atoms with Gasteiger partial charge >= 0.3 is 0 Å². The number of aryl methyl sites for hydroxylation is 1. The topological polar surface area (TPSA) is 45.5 Å². The summed E-state index contributed by atoms with van der Waals surface area (Å²) in [6, 6.07) is 2.12. The molecular formula is C13H22N2O2S. The zero-order valence-corrected chi connectivity index (χ0v) is 12.0. The van der Waals surface area contributed by atoms with Gasteiger partial charge in [0.1, 0.15) is 11.5 Å². The standard InChI is InChI=1S/C13H22N2O2S/c1-3-14-9-13-11(2)8-12(17-13)10-15-4-6-18(16)7-5-15/h8,14H,3-7,9-10H2,1-2H3. The number of nitrogens with zero attached hydrogens (tertiary/aromatic N) is 1. The molecule has 0 aromatic carbocycles. The zero-order valence-electron chi connectivity index (χ0n) is 11.2. The van der Waals surface area contributed by atoms with Crippen LogP contribution in [-0.2, 0) is 23.9 Å². The van der Waals surface area contributed by atoms with E-state index in [4.69, 9.17) is 4.42 Å². The van der Waals surface area contributed by atoms with E-state index in [0.717, 1.165) is 55.7 Å². The van der Waals surface area contributed by atoms with E-state index in [1.165, 1.54) is 5.56 Å². The minimum atomic E-state index is -0.605. The molecule has 0 spiro atoms. The van der Waals surface area contributed by atoms with Gasteiger partial charge in [-0.25, -0.2) is 0 Å². The Bertz CT molecular complexity index is 407. The van der Waals surface area contributed by atoms with Crippen LogP contribution in [0.3, 0.4) is 0 Å². The molecule has 1 aliphatic heterocycles. The van der Waals surface area contributed by atoms with Crippen LogP contribution in [0.4, 0.5) is 0 Å². The van der Waals surface area contributed by atoms with Gasteiger partial charge in [-0.3, -0.25) is 9.11 Å². The summed E-state index contributed by atoms with van der Waals surface area (Å²) in [6.45, 7) is 8.59. The quantitative estimate of drug-likeness (QED) is 0.875. The smallest absolute Gasteiger partial charge is 0.120 e. The Morgan fingerprint density at radius 2 is 2.17 bits per heavy atom. The summed E-state index contributed by atoms with van der Waals surface area (Å²) in [5.74, 6) is 3.65. The molecule has 5 heteroatoms. The molecule has 0 amide bonds. The summed E-state index contributed by atoms with van der Waals surface area (Å²) in [4.78, 5) is 2.32. The van der Waals surface area contributed by atoms with Crippen molar-refractivity contribution in [3.8, 4) is 0 Å². The van der Waals surface area contributed by atoms with Crippen molar-refractivity contribution in [2.75, 3.05) is 31.1 Å². The van der Waals surface area contributed by atoms with Gasteiger partial charge in [-0.1, -0.05) is 6.92 Å². The van der Waals surface area contributed by atoms with Gasteiger partial charge < -0.3 is 9.73 Å². The monoisotopic (exact) mass is 270 g/mol. The minimum absolute atomic E-state index is 0.605. The summed E-state index contributed by atoms with van der Waals surface area (Å²) in [5.41, 5.74) is 1.21. The molecule has 1 aliphatic rings. The van der Waals surface area contributed by atoms with Crippen LogP contribution in [0, 0.1) is 6.92 Å². The van der Waals surface area contributed by atoms with Crippen LogP contribution in [-0.4, -0.2) is 40.2 Å². The second-order valence-corrected chi connectivity index (χ2v) is 6.42.